The molecule has 0 radical (unpaired) electrons. The van der Waals surface area contributed by atoms with Crippen LogP contribution in [0.2, 0.25) is 0 Å². The highest BCUT2D eigenvalue weighted by Gasteiger charge is 2.32. The van der Waals surface area contributed by atoms with Gasteiger partial charge in [0.25, 0.3) is 17.7 Å². The van der Waals surface area contributed by atoms with Crippen molar-refractivity contribution >= 4 is 23.6 Å². The molecule has 1 heterocycles. The summed E-state index contributed by atoms with van der Waals surface area (Å²) < 4.78 is 0. The normalized spacial score (nSPS) is 13.7. The van der Waals surface area contributed by atoms with Gasteiger partial charge in [-0.3, -0.25) is 34.9 Å². The van der Waals surface area contributed by atoms with Gasteiger partial charge < -0.3 is 0 Å². The van der Waals surface area contributed by atoms with Crippen molar-refractivity contribution in [3.63, 3.8) is 0 Å². The lowest BCUT2D eigenvalue weighted by molar-refractivity contribution is -0.133. The molecule has 7 nitrogen and oxygen atoms in total. The van der Waals surface area contributed by atoms with Crippen LogP contribution < -0.4 is 10.9 Å². The summed E-state index contributed by atoms with van der Waals surface area (Å²) in [7, 11) is 0. The van der Waals surface area contributed by atoms with Crippen molar-refractivity contribution in [3.8, 4) is 0 Å². The van der Waals surface area contributed by atoms with Crippen molar-refractivity contribution in [3.05, 3.63) is 70.8 Å². The molecule has 0 atom stereocenters. The molecular formula is C22H23N3O4. The molecule has 29 heavy (non-hydrogen) atoms. The zero-order chi connectivity index (χ0) is 21.2. The van der Waals surface area contributed by atoms with Crippen molar-refractivity contribution in [2.75, 3.05) is 6.54 Å². The Labute approximate surface area is 169 Å². The van der Waals surface area contributed by atoms with E-state index in [0.717, 1.165) is 10.5 Å². The van der Waals surface area contributed by atoms with Crippen molar-refractivity contribution in [1.82, 2.24) is 15.8 Å². The molecule has 2 aromatic carbocycles. The molecule has 1 aliphatic rings. The second-order valence-corrected chi connectivity index (χ2v) is 7.95. The lowest BCUT2D eigenvalue weighted by Gasteiger charge is -2.26. The van der Waals surface area contributed by atoms with E-state index in [1.807, 2.05) is 12.1 Å². The minimum absolute atomic E-state index is 0.0324. The maximum absolute atomic E-state index is 12.5. The van der Waals surface area contributed by atoms with Crippen LogP contribution in [-0.2, 0) is 21.4 Å². The van der Waals surface area contributed by atoms with E-state index in [2.05, 4.69) is 31.6 Å². The Morgan fingerprint density at radius 3 is 2.28 bits per heavy atom. The topological polar surface area (TPSA) is 95.6 Å². The van der Waals surface area contributed by atoms with E-state index < -0.39 is 30.2 Å². The first kappa shape index (κ1) is 20.3. The quantitative estimate of drug-likeness (QED) is 0.616. The minimum atomic E-state index is -0.661. The molecule has 0 saturated carbocycles. The minimum Gasteiger partial charge on any atom is -0.274 e. The maximum Gasteiger partial charge on any atom is 0.269 e. The summed E-state index contributed by atoms with van der Waals surface area (Å²) in [6.07, 6.45) is 0.0572. The van der Waals surface area contributed by atoms with Crippen LogP contribution in [0.5, 0.6) is 0 Å². The molecule has 2 N–H and O–H groups in total. The molecule has 0 saturated heterocycles. The molecule has 0 aromatic heterocycles. The highest BCUT2D eigenvalue weighted by Crippen LogP contribution is 2.22. The molecule has 1 aliphatic heterocycles. The van der Waals surface area contributed by atoms with Crippen LogP contribution in [0.25, 0.3) is 0 Å². The highest BCUT2D eigenvalue weighted by atomic mass is 16.2. The molecule has 0 aliphatic carbocycles. The fourth-order valence-corrected chi connectivity index (χ4v) is 3.06. The monoisotopic (exact) mass is 393 g/mol. The van der Waals surface area contributed by atoms with Crippen molar-refractivity contribution in [2.45, 2.75) is 32.6 Å². The summed E-state index contributed by atoms with van der Waals surface area (Å²) in [5.74, 6) is -2.12. The predicted molar refractivity (Wildman–Crippen MR) is 107 cm³/mol. The van der Waals surface area contributed by atoms with Crippen LogP contribution in [0.15, 0.2) is 48.5 Å². The van der Waals surface area contributed by atoms with Gasteiger partial charge in [0, 0.05) is 11.1 Å². The molecule has 0 fully saturated rings. The number of carbonyl (C=O) groups is 4. The SMILES string of the molecule is CC(C)(C)c1ccc(C(=O)NNC(=O)CN2C(=O)Cc3ccccc3C2=O)cc1. The van der Waals surface area contributed by atoms with Crippen LogP contribution in [0, 0.1) is 0 Å². The van der Waals surface area contributed by atoms with E-state index in [1.54, 1.807) is 36.4 Å². The third kappa shape index (κ3) is 4.51. The predicted octanol–water partition coefficient (Wildman–Crippen LogP) is 1.97. The third-order valence-electron chi connectivity index (χ3n) is 4.77. The molecule has 0 unspecified atom stereocenters. The standard InChI is InChI=1S/C22H23N3O4/c1-22(2,3)16-10-8-14(9-11-16)20(28)24-23-18(26)13-25-19(27)12-15-6-4-5-7-17(15)21(25)29/h4-11H,12-13H2,1-3H3,(H,23,26)(H,24,28). The summed E-state index contributed by atoms with van der Waals surface area (Å²) in [6.45, 7) is 5.76. The lowest BCUT2D eigenvalue weighted by Crippen LogP contribution is -2.51. The summed E-state index contributed by atoms with van der Waals surface area (Å²) in [5, 5.41) is 0. The van der Waals surface area contributed by atoms with E-state index >= 15 is 0 Å². The molecular weight excluding hydrogens is 370 g/mol. The van der Waals surface area contributed by atoms with Crippen molar-refractivity contribution in [1.29, 1.82) is 0 Å². The lowest BCUT2D eigenvalue weighted by atomic mass is 9.87. The van der Waals surface area contributed by atoms with Crippen LogP contribution in [0.1, 0.15) is 52.6 Å². The van der Waals surface area contributed by atoms with Gasteiger partial charge in [-0.2, -0.15) is 0 Å². The van der Waals surface area contributed by atoms with Gasteiger partial charge >= 0.3 is 0 Å². The van der Waals surface area contributed by atoms with Gasteiger partial charge in [-0.15, -0.1) is 0 Å². The highest BCUT2D eigenvalue weighted by molar-refractivity contribution is 6.11. The molecule has 3 rings (SSSR count). The van der Waals surface area contributed by atoms with Crippen LogP contribution >= 0.6 is 0 Å². The fourth-order valence-electron chi connectivity index (χ4n) is 3.06. The Morgan fingerprint density at radius 1 is 0.966 bits per heavy atom. The second kappa shape index (κ2) is 7.87. The van der Waals surface area contributed by atoms with Crippen molar-refractivity contribution in [2.24, 2.45) is 0 Å². The average molecular weight is 393 g/mol. The number of imide groups is 1. The Balaban J connectivity index is 1.58. The first-order chi connectivity index (χ1) is 13.7. The third-order valence-corrected chi connectivity index (χ3v) is 4.77. The van der Waals surface area contributed by atoms with Gasteiger partial charge in [0.2, 0.25) is 5.91 Å². The number of hydrogen-bond acceptors (Lipinski definition) is 4. The Kier molecular flexibility index (Phi) is 5.50. The molecule has 2 aromatic rings. The van der Waals surface area contributed by atoms with Crippen LogP contribution in [0.4, 0.5) is 0 Å². The van der Waals surface area contributed by atoms with Gasteiger partial charge in [0.05, 0.1) is 6.42 Å². The summed E-state index contributed by atoms with van der Waals surface area (Å²) >= 11 is 0. The number of rotatable bonds is 3. The summed E-state index contributed by atoms with van der Waals surface area (Å²) in [5.41, 5.74) is 7.05. The first-order valence-corrected chi connectivity index (χ1v) is 9.29. The molecule has 0 bridgehead atoms. The zero-order valence-electron chi connectivity index (χ0n) is 16.6. The van der Waals surface area contributed by atoms with Crippen LogP contribution in [0.3, 0.4) is 0 Å². The number of carbonyl (C=O) groups excluding carboxylic acids is 4. The smallest absolute Gasteiger partial charge is 0.269 e. The van der Waals surface area contributed by atoms with Gasteiger partial charge in [-0.25, -0.2) is 0 Å². The zero-order valence-corrected chi connectivity index (χ0v) is 16.6. The molecule has 7 heteroatoms. The van der Waals surface area contributed by atoms with E-state index in [9.17, 15) is 19.2 Å². The number of nitrogens with one attached hydrogen (secondary N) is 2. The number of hydrazine groups is 1. The molecule has 4 amide bonds. The summed E-state index contributed by atoms with van der Waals surface area (Å²) in [6, 6.07) is 13.9. The largest absolute Gasteiger partial charge is 0.274 e. The number of amides is 4. The Bertz CT molecular complexity index is 974. The van der Waals surface area contributed by atoms with Gasteiger partial charge in [0.1, 0.15) is 6.54 Å². The number of nitrogens with zero attached hydrogens (tertiary/aromatic N) is 1. The first-order valence-electron chi connectivity index (χ1n) is 9.29. The Hall–Kier alpha value is -3.48. The van der Waals surface area contributed by atoms with E-state index in [0.29, 0.717) is 16.7 Å². The van der Waals surface area contributed by atoms with Gasteiger partial charge in [0.15, 0.2) is 0 Å². The van der Waals surface area contributed by atoms with Gasteiger partial charge in [-0.05, 0) is 34.7 Å². The second-order valence-electron chi connectivity index (χ2n) is 7.95. The number of hydrogen-bond donors (Lipinski definition) is 2. The molecule has 150 valence electrons. The van der Waals surface area contributed by atoms with Gasteiger partial charge in [-0.1, -0.05) is 51.1 Å². The molecule has 0 spiro atoms. The summed E-state index contributed by atoms with van der Waals surface area (Å²) in [4.78, 5) is 50.0. The number of fused-ring (bicyclic) bond motifs is 1. The Morgan fingerprint density at radius 2 is 1.62 bits per heavy atom. The van der Waals surface area contributed by atoms with Crippen LogP contribution in [-0.4, -0.2) is 35.1 Å². The number of benzene rings is 2. The fraction of sp³-hybridized carbons (Fsp3) is 0.273. The van der Waals surface area contributed by atoms with E-state index in [-0.39, 0.29) is 11.8 Å². The average Bonchev–Trinajstić information content (AvgIpc) is 2.68. The maximum atomic E-state index is 12.5. The van der Waals surface area contributed by atoms with E-state index in [1.165, 1.54) is 0 Å². The van der Waals surface area contributed by atoms with E-state index in [4.69, 9.17) is 0 Å². The van der Waals surface area contributed by atoms with Crippen molar-refractivity contribution < 1.29 is 19.2 Å².